The molecule has 0 saturated heterocycles. The molecule has 0 unspecified atom stereocenters. The number of aromatic nitrogens is 1. The number of fused-ring (bicyclic) bond motifs is 2. The fourth-order valence-electron chi connectivity index (χ4n) is 2.83. The molecule has 0 atom stereocenters. The molecule has 4 nitrogen and oxygen atoms in total. The van der Waals surface area contributed by atoms with Crippen LogP contribution in [0, 0.1) is 11.3 Å². The van der Waals surface area contributed by atoms with Gasteiger partial charge in [-0.3, -0.25) is 4.79 Å². The van der Waals surface area contributed by atoms with Crippen molar-refractivity contribution in [2.75, 3.05) is 5.32 Å². The molecular formula is C19H10BrN3O. The van der Waals surface area contributed by atoms with Crippen molar-refractivity contribution in [2.45, 2.75) is 0 Å². The standard InChI is InChI=1S/C19H10BrN3O/c20-12-6-8-16-13(9-12)18(19(24)23-16)14(10-21)17-7-5-11-3-1-2-4-15(11)22-17/h1-9H,(H,23,24)/b18-14-. The zero-order chi connectivity index (χ0) is 16.7. The Hall–Kier alpha value is -2.97. The Kier molecular flexibility index (Phi) is 3.40. The molecule has 0 bridgehead atoms. The summed E-state index contributed by atoms with van der Waals surface area (Å²) >= 11 is 3.41. The highest BCUT2D eigenvalue weighted by molar-refractivity contribution is 9.10. The van der Waals surface area contributed by atoms with Crippen LogP contribution >= 0.6 is 15.9 Å². The van der Waals surface area contributed by atoms with Gasteiger partial charge >= 0.3 is 0 Å². The van der Waals surface area contributed by atoms with E-state index in [1.54, 1.807) is 6.07 Å². The molecule has 1 aliphatic rings. The third-order valence-corrected chi connectivity index (χ3v) is 4.44. The van der Waals surface area contributed by atoms with Crippen LogP contribution in [0.4, 0.5) is 5.69 Å². The number of pyridine rings is 1. The summed E-state index contributed by atoms with van der Waals surface area (Å²) in [5, 5.41) is 13.5. The number of anilines is 1. The monoisotopic (exact) mass is 375 g/mol. The van der Waals surface area contributed by atoms with Crippen molar-refractivity contribution in [3.63, 3.8) is 0 Å². The highest BCUT2D eigenvalue weighted by Gasteiger charge is 2.28. The second kappa shape index (κ2) is 5.59. The largest absolute Gasteiger partial charge is 0.321 e. The third-order valence-electron chi connectivity index (χ3n) is 3.94. The van der Waals surface area contributed by atoms with E-state index in [2.05, 4.69) is 32.3 Å². The first-order chi connectivity index (χ1) is 11.7. The lowest BCUT2D eigenvalue weighted by atomic mass is 9.99. The number of nitrogens with zero attached hydrogens (tertiary/aromatic N) is 2. The van der Waals surface area contributed by atoms with E-state index >= 15 is 0 Å². The van der Waals surface area contributed by atoms with E-state index in [1.165, 1.54) is 0 Å². The second-order valence-corrected chi connectivity index (χ2v) is 6.31. The zero-order valence-corrected chi connectivity index (χ0v) is 14.0. The predicted octanol–water partition coefficient (Wildman–Crippen LogP) is 4.38. The van der Waals surface area contributed by atoms with Crippen LogP contribution < -0.4 is 5.32 Å². The molecule has 0 spiro atoms. The molecule has 1 aliphatic heterocycles. The van der Waals surface area contributed by atoms with Crippen molar-refractivity contribution in [1.82, 2.24) is 4.98 Å². The minimum Gasteiger partial charge on any atom is -0.321 e. The van der Waals surface area contributed by atoms with E-state index in [-0.39, 0.29) is 11.5 Å². The van der Waals surface area contributed by atoms with Gasteiger partial charge in [-0.2, -0.15) is 5.26 Å². The smallest absolute Gasteiger partial charge is 0.257 e. The van der Waals surface area contributed by atoms with Crippen molar-refractivity contribution in [3.8, 4) is 6.07 Å². The van der Waals surface area contributed by atoms with Crippen LogP contribution in [-0.2, 0) is 4.79 Å². The number of amides is 1. The number of nitrogens with one attached hydrogen (secondary N) is 1. The molecule has 2 aromatic carbocycles. The summed E-state index contributed by atoms with van der Waals surface area (Å²) in [6.45, 7) is 0. The third kappa shape index (κ3) is 2.29. The van der Waals surface area contributed by atoms with Gasteiger partial charge < -0.3 is 5.32 Å². The van der Waals surface area contributed by atoms with E-state index < -0.39 is 0 Å². The summed E-state index contributed by atoms with van der Waals surface area (Å²) < 4.78 is 0.846. The minimum absolute atomic E-state index is 0.273. The first kappa shape index (κ1) is 14.6. The van der Waals surface area contributed by atoms with Gasteiger partial charge in [0.05, 0.1) is 22.4 Å². The van der Waals surface area contributed by atoms with Crippen molar-refractivity contribution in [1.29, 1.82) is 5.26 Å². The summed E-state index contributed by atoms with van der Waals surface area (Å²) in [4.78, 5) is 17.0. The number of hydrogen-bond acceptors (Lipinski definition) is 3. The molecule has 3 aromatic rings. The SMILES string of the molecule is N#C/C(=C1/C(=O)Nc2ccc(Br)cc21)c1ccc2ccccc2n1. The Bertz CT molecular complexity index is 1080. The Morgan fingerprint density at radius 3 is 2.79 bits per heavy atom. The molecule has 1 N–H and O–H groups in total. The maximum absolute atomic E-state index is 12.4. The number of rotatable bonds is 1. The Balaban J connectivity index is 1.98. The quantitative estimate of drug-likeness (QED) is 0.506. The molecule has 1 aromatic heterocycles. The first-order valence-corrected chi connectivity index (χ1v) is 8.08. The van der Waals surface area contributed by atoms with Crippen molar-refractivity contribution in [2.24, 2.45) is 0 Å². The van der Waals surface area contributed by atoms with Gasteiger partial charge in [-0.15, -0.1) is 0 Å². The molecular weight excluding hydrogens is 366 g/mol. The van der Waals surface area contributed by atoms with Gasteiger partial charge in [0.1, 0.15) is 6.07 Å². The Labute approximate surface area is 146 Å². The number of benzene rings is 2. The van der Waals surface area contributed by atoms with Crippen LogP contribution in [0.1, 0.15) is 11.3 Å². The van der Waals surface area contributed by atoms with Gasteiger partial charge in [-0.25, -0.2) is 4.98 Å². The van der Waals surface area contributed by atoms with Crippen LogP contribution in [0.2, 0.25) is 0 Å². The predicted molar refractivity (Wildman–Crippen MR) is 96.9 cm³/mol. The number of carbonyl (C=O) groups is 1. The Morgan fingerprint density at radius 2 is 1.96 bits per heavy atom. The number of halogens is 1. The topological polar surface area (TPSA) is 65.8 Å². The van der Waals surface area contributed by atoms with Crippen molar-refractivity contribution < 1.29 is 4.79 Å². The van der Waals surface area contributed by atoms with Crippen molar-refractivity contribution in [3.05, 3.63) is 70.3 Å². The van der Waals surface area contributed by atoms with Crippen LogP contribution in [0.15, 0.2) is 59.1 Å². The molecule has 0 saturated carbocycles. The summed E-state index contributed by atoms with van der Waals surface area (Å²) in [6.07, 6.45) is 0. The molecule has 4 rings (SSSR count). The molecule has 0 fully saturated rings. The van der Waals surface area contributed by atoms with E-state index in [0.717, 1.165) is 15.4 Å². The normalized spacial score (nSPS) is 14.9. The lowest BCUT2D eigenvalue weighted by Crippen LogP contribution is -2.06. The molecule has 0 aliphatic carbocycles. The van der Waals surface area contributed by atoms with Gasteiger partial charge in [0.25, 0.3) is 5.91 Å². The summed E-state index contributed by atoms with van der Waals surface area (Å²) in [5.41, 5.74) is 3.32. The fraction of sp³-hybridized carbons (Fsp3) is 0. The lowest BCUT2D eigenvalue weighted by Gasteiger charge is -2.05. The Morgan fingerprint density at radius 1 is 1.12 bits per heavy atom. The minimum atomic E-state index is -0.283. The molecule has 24 heavy (non-hydrogen) atoms. The zero-order valence-electron chi connectivity index (χ0n) is 12.4. The lowest BCUT2D eigenvalue weighted by molar-refractivity contribution is -0.110. The van der Waals surface area contributed by atoms with Gasteiger partial charge in [-0.1, -0.05) is 40.2 Å². The van der Waals surface area contributed by atoms with Gasteiger partial charge in [0, 0.05) is 21.1 Å². The highest BCUT2D eigenvalue weighted by atomic mass is 79.9. The number of hydrogen-bond donors (Lipinski definition) is 1. The number of carbonyl (C=O) groups excluding carboxylic acids is 1. The number of para-hydroxylation sites is 1. The molecule has 1 amide bonds. The van der Waals surface area contributed by atoms with Crippen LogP contribution in [-0.4, -0.2) is 10.9 Å². The number of allylic oxidation sites excluding steroid dienone is 1. The van der Waals surface area contributed by atoms with E-state index in [1.807, 2.05) is 48.5 Å². The van der Waals surface area contributed by atoms with E-state index in [9.17, 15) is 10.1 Å². The molecule has 0 radical (unpaired) electrons. The summed E-state index contributed by atoms with van der Waals surface area (Å²) in [7, 11) is 0. The average molecular weight is 376 g/mol. The summed E-state index contributed by atoms with van der Waals surface area (Å²) in [5.74, 6) is -0.283. The molecule has 5 heteroatoms. The van der Waals surface area contributed by atoms with Crippen molar-refractivity contribution >= 4 is 49.6 Å². The first-order valence-electron chi connectivity index (χ1n) is 7.29. The van der Waals surface area contributed by atoms with Gasteiger partial charge in [0.15, 0.2) is 0 Å². The fourth-order valence-corrected chi connectivity index (χ4v) is 3.20. The van der Waals surface area contributed by atoms with Crippen LogP contribution in [0.25, 0.3) is 22.0 Å². The molecule has 2 heterocycles. The second-order valence-electron chi connectivity index (χ2n) is 5.40. The van der Waals surface area contributed by atoms with Gasteiger partial charge in [-0.05, 0) is 30.3 Å². The van der Waals surface area contributed by atoms with Crippen LogP contribution in [0.5, 0.6) is 0 Å². The van der Waals surface area contributed by atoms with Crippen LogP contribution in [0.3, 0.4) is 0 Å². The van der Waals surface area contributed by atoms with Gasteiger partial charge in [0.2, 0.25) is 0 Å². The van der Waals surface area contributed by atoms with E-state index in [4.69, 9.17) is 0 Å². The maximum atomic E-state index is 12.4. The number of nitriles is 1. The highest BCUT2D eigenvalue weighted by Crippen LogP contribution is 2.38. The molecule has 114 valence electrons. The maximum Gasteiger partial charge on any atom is 0.257 e. The average Bonchev–Trinajstić information content (AvgIpc) is 2.91. The van der Waals surface area contributed by atoms with E-state index in [0.29, 0.717) is 22.5 Å². The summed E-state index contributed by atoms with van der Waals surface area (Å²) in [6, 6.07) is 19.0.